The Labute approximate surface area is 202 Å². The molecule has 0 spiro atoms. The second kappa shape index (κ2) is 10.8. The van der Waals surface area contributed by atoms with Crippen molar-refractivity contribution in [1.82, 2.24) is 0 Å². The van der Waals surface area contributed by atoms with E-state index < -0.39 is 29.0 Å². The van der Waals surface area contributed by atoms with Crippen molar-refractivity contribution in [2.45, 2.75) is 20.2 Å². The van der Waals surface area contributed by atoms with Gasteiger partial charge >= 0.3 is 12.3 Å². The number of nitrogens with one attached hydrogen (secondary N) is 1. The molecule has 0 saturated carbocycles. The maximum atomic E-state index is 13.8. The molecule has 4 nitrogen and oxygen atoms in total. The van der Waals surface area contributed by atoms with E-state index in [2.05, 4.69) is 10.1 Å². The number of carbonyl (C=O) groups is 1. The van der Waals surface area contributed by atoms with Crippen LogP contribution in [0.5, 0.6) is 5.75 Å². The predicted octanol–water partition coefficient (Wildman–Crippen LogP) is 7.59. The van der Waals surface area contributed by atoms with Crippen LogP contribution in [-0.4, -0.2) is 18.9 Å². The summed E-state index contributed by atoms with van der Waals surface area (Å²) < 4.78 is 73.7. The Hall–Kier alpha value is -3.59. The molecule has 0 radical (unpaired) electrons. The van der Waals surface area contributed by atoms with Gasteiger partial charge in [0.25, 0.3) is 0 Å². The average Bonchev–Trinajstić information content (AvgIpc) is 2.78. The number of alkyl halides is 3. The van der Waals surface area contributed by atoms with Crippen LogP contribution >= 0.6 is 11.6 Å². The van der Waals surface area contributed by atoms with E-state index in [9.17, 15) is 26.7 Å². The van der Waals surface area contributed by atoms with Crippen LogP contribution in [-0.2, 0) is 9.53 Å². The molecular weight excluding hydrogens is 493 g/mol. The summed E-state index contributed by atoms with van der Waals surface area (Å²) in [6.45, 7) is 3.28. The van der Waals surface area contributed by atoms with Gasteiger partial charge in [0, 0.05) is 11.4 Å². The lowest BCUT2D eigenvalue weighted by atomic mass is 9.99. The molecule has 0 aromatic heterocycles. The van der Waals surface area contributed by atoms with Gasteiger partial charge in [-0.05, 0) is 54.8 Å². The zero-order chi connectivity index (χ0) is 25.8. The van der Waals surface area contributed by atoms with Gasteiger partial charge in [0.15, 0.2) is 0 Å². The molecule has 0 heterocycles. The van der Waals surface area contributed by atoms with E-state index in [1.807, 2.05) is 0 Å². The molecule has 184 valence electrons. The van der Waals surface area contributed by atoms with E-state index in [0.717, 1.165) is 12.1 Å². The highest BCUT2D eigenvalue weighted by Crippen LogP contribution is 2.30. The third kappa shape index (κ3) is 6.73. The van der Waals surface area contributed by atoms with Gasteiger partial charge in [-0.3, -0.25) is 0 Å². The monoisotopic (exact) mass is 511 g/mol. The van der Waals surface area contributed by atoms with E-state index in [0.29, 0.717) is 16.7 Å². The van der Waals surface area contributed by atoms with Gasteiger partial charge in [-0.1, -0.05) is 48.0 Å². The largest absolute Gasteiger partial charge is 0.573 e. The van der Waals surface area contributed by atoms with Gasteiger partial charge in [-0.15, -0.1) is 13.2 Å². The number of carbonyl (C=O) groups excluding carboxylic acids is 1. The van der Waals surface area contributed by atoms with Gasteiger partial charge in [-0.25, -0.2) is 13.6 Å². The van der Waals surface area contributed by atoms with E-state index in [-0.39, 0.29) is 29.3 Å². The third-order valence-corrected chi connectivity index (χ3v) is 5.13. The smallest absolute Gasteiger partial charge is 0.462 e. The fourth-order valence-electron chi connectivity index (χ4n) is 3.28. The molecular formula is C25H19ClF5NO3. The van der Waals surface area contributed by atoms with E-state index >= 15 is 0 Å². The summed E-state index contributed by atoms with van der Waals surface area (Å²) in [4.78, 5) is 12.7. The molecule has 0 aliphatic heterocycles. The number of esters is 1. The molecule has 3 rings (SSSR count). The van der Waals surface area contributed by atoms with Gasteiger partial charge in [0.05, 0.1) is 12.2 Å². The van der Waals surface area contributed by atoms with Crippen LogP contribution in [0.1, 0.15) is 19.4 Å². The van der Waals surface area contributed by atoms with E-state index in [1.165, 1.54) is 24.3 Å². The molecule has 0 amide bonds. The summed E-state index contributed by atoms with van der Waals surface area (Å²) in [5.74, 6) is -2.93. The van der Waals surface area contributed by atoms with Crippen molar-refractivity contribution in [3.8, 4) is 16.9 Å². The average molecular weight is 512 g/mol. The topological polar surface area (TPSA) is 47.6 Å². The third-order valence-electron chi connectivity index (χ3n) is 4.77. The Kier molecular flexibility index (Phi) is 8.01. The van der Waals surface area contributed by atoms with Crippen molar-refractivity contribution in [2.75, 3.05) is 11.9 Å². The Morgan fingerprint density at radius 2 is 1.46 bits per heavy atom. The Morgan fingerprint density at radius 1 is 0.943 bits per heavy atom. The standard InChI is InChI=1S/C25H19ClF5NO3/c1-3-34-24(33)22(14(2)32-18-12-20(27)23(26)21(28)13-18)17-6-4-15(5-7-17)16-8-10-19(11-9-16)35-25(29,30)31/h4-13,32H,3H2,1-2H3/b22-14-. The number of ether oxygens (including phenoxy) is 2. The zero-order valence-electron chi connectivity index (χ0n) is 18.5. The summed E-state index contributed by atoms with van der Waals surface area (Å²) in [6.07, 6.45) is -4.78. The summed E-state index contributed by atoms with van der Waals surface area (Å²) in [5.41, 5.74) is 2.18. The molecule has 3 aromatic carbocycles. The maximum Gasteiger partial charge on any atom is 0.573 e. The first kappa shape index (κ1) is 26.0. The number of rotatable bonds is 7. The fourth-order valence-corrected chi connectivity index (χ4v) is 3.38. The van der Waals surface area contributed by atoms with Gasteiger partial charge in [0.1, 0.15) is 22.4 Å². The van der Waals surface area contributed by atoms with Crippen LogP contribution < -0.4 is 10.1 Å². The lowest BCUT2D eigenvalue weighted by Gasteiger charge is -2.15. The van der Waals surface area contributed by atoms with Crippen molar-refractivity contribution >= 4 is 28.8 Å². The highest BCUT2D eigenvalue weighted by molar-refractivity contribution is 6.31. The minimum atomic E-state index is -4.78. The summed E-state index contributed by atoms with van der Waals surface area (Å²) in [5, 5.41) is 2.15. The van der Waals surface area contributed by atoms with Crippen LogP contribution in [0.2, 0.25) is 5.02 Å². The maximum absolute atomic E-state index is 13.8. The molecule has 1 N–H and O–H groups in total. The first-order chi connectivity index (χ1) is 16.5. The zero-order valence-corrected chi connectivity index (χ0v) is 19.2. The van der Waals surface area contributed by atoms with Crippen molar-refractivity contribution in [3.05, 3.63) is 88.6 Å². The molecule has 0 unspecified atom stereocenters. The lowest BCUT2D eigenvalue weighted by Crippen LogP contribution is -2.16. The molecule has 35 heavy (non-hydrogen) atoms. The first-order valence-corrected chi connectivity index (χ1v) is 10.6. The Morgan fingerprint density at radius 3 is 1.94 bits per heavy atom. The Balaban J connectivity index is 1.91. The van der Waals surface area contributed by atoms with Crippen LogP contribution in [0.3, 0.4) is 0 Å². The quantitative estimate of drug-likeness (QED) is 0.154. The van der Waals surface area contributed by atoms with Gasteiger partial charge in [0.2, 0.25) is 0 Å². The van der Waals surface area contributed by atoms with Crippen molar-refractivity contribution in [2.24, 2.45) is 0 Å². The molecule has 0 atom stereocenters. The molecule has 3 aromatic rings. The molecule has 0 aliphatic carbocycles. The Bertz CT molecular complexity index is 1220. The number of hydrogen-bond acceptors (Lipinski definition) is 4. The van der Waals surface area contributed by atoms with Crippen molar-refractivity contribution in [3.63, 3.8) is 0 Å². The highest BCUT2D eigenvalue weighted by atomic mass is 35.5. The van der Waals surface area contributed by atoms with Crippen LogP contribution in [0, 0.1) is 11.6 Å². The second-order valence-electron chi connectivity index (χ2n) is 7.25. The molecule has 0 fully saturated rings. The molecule has 0 bridgehead atoms. The number of anilines is 1. The van der Waals surface area contributed by atoms with E-state index in [4.69, 9.17) is 16.3 Å². The lowest BCUT2D eigenvalue weighted by molar-refractivity contribution is -0.274. The van der Waals surface area contributed by atoms with Crippen LogP contribution in [0.4, 0.5) is 27.6 Å². The van der Waals surface area contributed by atoms with Crippen molar-refractivity contribution in [1.29, 1.82) is 0 Å². The number of allylic oxidation sites excluding steroid dienone is 1. The summed E-state index contributed by atoms with van der Waals surface area (Å²) in [7, 11) is 0. The molecule has 0 saturated heterocycles. The minimum absolute atomic E-state index is 0.0430. The highest BCUT2D eigenvalue weighted by Gasteiger charge is 2.31. The SMILES string of the molecule is CCOC(=O)/C(=C(/C)Nc1cc(F)c(Cl)c(F)c1)c1ccc(-c2ccc(OC(F)(F)F)cc2)cc1. The second-order valence-corrected chi connectivity index (χ2v) is 7.63. The number of halogens is 6. The predicted molar refractivity (Wildman–Crippen MR) is 123 cm³/mol. The normalized spacial score (nSPS) is 12.1. The van der Waals surface area contributed by atoms with Gasteiger partial charge < -0.3 is 14.8 Å². The van der Waals surface area contributed by atoms with Crippen LogP contribution in [0.15, 0.2) is 66.4 Å². The van der Waals surface area contributed by atoms with Crippen molar-refractivity contribution < 1.29 is 36.2 Å². The summed E-state index contributed by atoms with van der Waals surface area (Å²) >= 11 is 5.52. The number of benzene rings is 3. The summed E-state index contributed by atoms with van der Waals surface area (Å²) in [6, 6.07) is 13.9. The molecule has 0 aliphatic rings. The minimum Gasteiger partial charge on any atom is -0.462 e. The van der Waals surface area contributed by atoms with Crippen LogP contribution in [0.25, 0.3) is 16.7 Å². The first-order valence-electron chi connectivity index (χ1n) is 10.2. The van der Waals surface area contributed by atoms with Gasteiger partial charge in [-0.2, -0.15) is 0 Å². The van der Waals surface area contributed by atoms with E-state index in [1.54, 1.807) is 38.1 Å². The fraction of sp³-hybridized carbons (Fsp3) is 0.160. The molecule has 10 heteroatoms. The number of hydrogen-bond donors (Lipinski definition) is 1.